The zero-order valence-electron chi connectivity index (χ0n) is 10.4. The SMILES string of the molecule is CC(C)=Cc1ncc(-c2c[nH]c3ccccc23)o1. The number of oxazole rings is 1. The number of hydrogen-bond donors (Lipinski definition) is 1. The van der Waals surface area contributed by atoms with E-state index < -0.39 is 0 Å². The highest BCUT2D eigenvalue weighted by Gasteiger charge is 2.09. The number of benzene rings is 1. The lowest BCUT2D eigenvalue weighted by Crippen LogP contribution is -1.70. The highest BCUT2D eigenvalue weighted by Crippen LogP contribution is 2.29. The van der Waals surface area contributed by atoms with Crippen LogP contribution >= 0.6 is 0 Å². The number of aromatic nitrogens is 2. The zero-order chi connectivity index (χ0) is 12.5. The Morgan fingerprint density at radius 2 is 2.11 bits per heavy atom. The van der Waals surface area contributed by atoms with Crippen LogP contribution < -0.4 is 0 Å². The first-order valence-electron chi connectivity index (χ1n) is 5.91. The maximum absolute atomic E-state index is 5.74. The smallest absolute Gasteiger partial charge is 0.219 e. The molecular formula is C15H14N2O. The molecule has 1 aromatic carbocycles. The molecule has 2 heterocycles. The predicted octanol–water partition coefficient (Wildman–Crippen LogP) is 4.25. The number of aromatic amines is 1. The first kappa shape index (κ1) is 10.8. The van der Waals surface area contributed by atoms with Crippen LogP contribution in [0.5, 0.6) is 0 Å². The summed E-state index contributed by atoms with van der Waals surface area (Å²) in [6.07, 6.45) is 5.65. The Bertz CT molecular complexity index is 715. The predicted molar refractivity (Wildman–Crippen MR) is 73.1 cm³/mol. The Kier molecular flexibility index (Phi) is 2.52. The summed E-state index contributed by atoms with van der Waals surface area (Å²) in [4.78, 5) is 7.50. The van der Waals surface area contributed by atoms with Crippen LogP contribution in [0.3, 0.4) is 0 Å². The van der Waals surface area contributed by atoms with Crippen LogP contribution in [-0.4, -0.2) is 9.97 Å². The average molecular weight is 238 g/mol. The molecule has 3 rings (SSSR count). The molecule has 0 unspecified atom stereocenters. The summed E-state index contributed by atoms with van der Waals surface area (Å²) < 4.78 is 5.74. The maximum Gasteiger partial charge on any atom is 0.219 e. The van der Waals surface area contributed by atoms with Crippen molar-refractivity contribution in [1.82, 2.24) is 9.97 Å². The van der Waals surface area contributed by atoms with Gasteiger partial charge >= 0.3 is 0 Å². The number of para-hydroxylation sites is 1. The second-order valence-corrected chi connectivity index (χ2v) is 4.53. The molecule has 0 saturated heterocycles. The lowest BCUT2D eigenvalue weighted by molar-refractivity contribution is 0.560. The van der Waals surface area contributed by atoms with Gasteiger partial charge in [0.15, 0.2) is 5.76 Å². The second kappa shape index (κ2) is 4.18. The molecule has 0 amide bonds. The summed E-state index contributed by atoms with van der Waals surface area (Å²) in [5.74, 6) is 1.44. The standard InChI is InChI=1S/C15H14N2O/c1-10(2)7-15-17-9-14(18-15)12-8-16-13-6-4-3-5-11(12)13/h3-9,16H,1-2H3. The van der Waals surface area contributed by atoms with Gasteiger partial charge in [-0.2, -0.15) is 0 Å². The number of H-pyrrole nitrogens is 1. The quantitative estimate of drug-likeness (QED) is 0.725. The van der Waals surface area contributed by atoms with Crippen molar-refractivity contribution in [3.05, 3.63) is 48.1 Å². The highest BCUT2D eigenvalue weighted by molar-refractivity contribution is 5.93. The number of allylic oxidation sites excluding steroid dienone is 1. The van der Waals surface area contributed by atoms with Gasteiger partial charge in [-0.15, -0.1) is 0 Å². The lowest BCUT2D eigenvalue weighted by atomic mass is 10.1. The van der Waals surface area contributed by atoms with Gasteiger partial charge in [-0.25, -0.2) is 4.98 Å². The molecule has 0 aliphatic rings. The molecule has 0 radical (unpaired) electrons. The average Bonchev–Trinajstić information content (AvgIpc) is 2.94. The third kappa shape index (κ3) is 1.84. The second-order valence-electron chi connectivity index (χ2n) is 4.53. The van der Waals surface area contributed by atoms with Gasteiger partial charge < -0.3 is 9.40 Å². The number of fused-ring (bicyclic) bond motifs is 1. The van der Waals surface area contributed by atoms with Gasteiger partial charge in [-0.1, -0.05) is 23.8 Å². The van der Waals surface area contributed by atoms with E-state index in [1.165, 1.54) is 5.57 Å². The molecule has 3 aromatic rings. The molecule has 0 atom stereocenters. The van der Waals surface area contributed by atoms with E-state index >= 15 is 0 Å². The first-order chi connectivity index (χ1) is 8.74. The van der Waals surface area contributed by atoms with E-state index in [9.17, 15) is 0 Å². The van der Waals surface area contributed by atoms with Gasteiger partial charge in [0.2, 0.25) is 5.89 Å². The van der Waals surface area contributed by atoms with Crippen LogP contribution in [0, 0.1) is 0 Å². The van der Waals surface area contributed by atoms with Crippen molar-refractivity contribution in [2.24, 2.45) is 0 Å². The monoisotopic (exact) mass is 238 g/mol. The minimum absolute atomic E-state index is 0.648. The molecular weight excluding hydrogens is 224 g/mol. The summed E-state index contributed by atoms with van der Waals surface area (Å²) in [7, 11) is 0. The van der Waals surface area contributed by atoms with Crippen LogP contribution in [0.4, 0.5) is 0 Å². The minimum Gasteiger partial charge on any atom is -0.437 e. The van der Waals surface area contributed by atoms with Crippen molar-refractivity contribution in [2.45, 2.75) is 13.8 Å². The molecule has 3 heteroatoms. The Balaban J connectivity index is 2.09. The summed E-state index contributed by atoms with van der Waals surface area (Å²) in [6.45, 7) is 4.05. The van der Waals surface area contributed by atoms with Gasteiger partial charge in [0.25, 0.3) is 0 Å². The van der Waals surface area contributed by atoms with Crippen LogP contribution in [0.1, 0.15) is 19.7 Å². The number of nitrogens with zero attached hydrogens (tertiary/aromatic N) is 1. The molecule has 3 nitrogen and oxygen atoms in total. The number of rotatable bonds is 2. The fourth-order valence-electron chi connectivity index (χ4n) is 2.00. The molecule has 0 aliphatic heterocycles. The molecule has 18 heavy (non-hydrogen) atoms. The summed E-state index contributed by atoms with van der Waals surface area (Å²) in [6, 6.07) is 8.15. The zero-order valence-corrected chi connectivity index (χ0v) is 10.4. The third-order valence-corrected chi connectivity index (χ3v) is 2.79. The Morgan fingerprint density at radius 3 is 2.94 bits per heavy atom. The van der Waals surface area contributed by atoms with Gasteiger partial charge in [0.05, 0.1) is 6.20 Å². The van der Waals surface area contributed by atoms with E-state index in [0.29, 0.717) is 5.89 Å². The fraction of sp³-hybridized carbons (Fsp3) is 0.133. The molecule has 0 spiro atoms. The third-order valence-electron chi connectivity index (χ3n) is 2.79. The highest BCUT2D eigenvalue weighted by atomic mass is 16.4. The van der Waals surface area contributed by atoms with Crippen LogP contribution in [0.2, 0.25) is 0 Å². The summed E-state index contributed by atoms with van der Waals surface area (Å²) in [5.41, 5.74) is 3.32. The molecule has 1 N–H and O–H groups in total. The Labute approximate surface area is 105 Å². The van der Waals surface area contributed by atoms with E-state index in [-0.39, 0.29) is 0 Å². The van der Waals surface area contributed by atoms with E-state index in [0.717, 1.165) is 22.2 Å². The normalized spacial score (nSPS) is 10.8. The van der Waals surface area contributed by atoms with Crippen molar-refractivity contribution in [3.8, 4) is 11.3 Å². The fourth-order valence-corrected chi connectivity index (χ4v) is 2.00. The van der Waals surface area contributed by atoms with E-state index in [1.54, 1.807) is 6.20 Å². The minimum atomic E-state index is 0.648. The number of nitrogens with one attached hydrogen (secondary N) is 1. The number of hydrogen-bond acceptors (Lipinski definition) is 2. The molecule has 0 aliphatic carbocycles. The molecule has 0 fully saturated rings. The van der Waals surface area contributed by atoms with Crippen molar-refractivity contribution >= 4 is 17.0 Å². The lowest BCUT2D eigenvalue weighted by Gasteiger charge is -1.93. The topological polar surface area (TPSA) is 41.8 Å². The van der Waals surface area contributed by atoms with Crippen molar-refractivity contribution in [1.29, 1.82) is 0 Å². The van der Waals surface area contributed by atoms with Crippen molar-refractivity contribution < 1.29 is 4.42 Å². The van der Waals surface area contributed by atoms with E-state index in [4.69, 9.17) is 4.42 Å². The Morgan fingerprint density at radius 1 is 1.28 bits per heavy atom. The molecule has 90 valence electrons. The van der Waals surface area contributed by atoms with Crippen LogP contribution in [-0.2, 0) is 0 Å². The molecule has 0 bridgehead atoms. The van der Waals surface area contributed by atoms with Gasteiger partial charge in [0, 0.05) is 22.7 Å². The van der Waals surface area contributed by atoms with Crippen molar-refractivity contribution in [2.75, 3.05) is 0 Å². The Hall–Kier alpha value is -2.29. The van der Waals surface area contributed by atoms with E-state index in [1.807, 2.05) is 44.3 Å². The summed E-state index contributed by atoms with van der Waals surface area (Å²) in [5, 5.41) is 1.15. The van der Waals surface area contributed by atoms with E-state index in [2.05, 4.69) is 16.0 Å². The van der Waals surface area contributed by atoms with Gasteiger partial charge in [0.1, 0.15) is 0 Å². The van der Waals surface area contributed by atoms with Gasteiger partial charge in [-0.05, 0) is 26.0 Å². The maximum atomic E-state index is 5.74. The first-order valence-corrected chi connectivity index (χ1v) is 5.91. The van der Waals surface area contributed by atoms with Gasteiger partial charge in [-0.3, -0.25) is 0 Å². The van der Waals surface area contributed by atoms with Crippen molar-refractivity contribution in [3.63, 3.8) is 0 Å². The van der Waals surface area contributed by atoms with Crippen LogP contribution in [0.15, 0.2) is 46.6 Å². The van der Waals surface area contributed by atoms with Crippen LogP contribution in [0.25, 0.3) is 28.3 Å². The largest absolute Gasteiger partial charge is 0.437 e. The molecule has 0 saturated carbocycles. The summed E-state index contributed by atoms with van der Waals surface area (Å²) >= 11 is 0. The molecule has 2 aromatic heterocycles.